The molecule has 0 bridgehead atoms. The Morgan fingerprint density at radius 1 is 1.12 bits per heavy atom. The van der Waals surface area contributed by atoms with E-state index in [2.05, 4.69) is 10.6 Å². The predicted octanol–water partition coefficient (Wildman–Crippen LogP) is 3.57. The van der Waals surface area contributed by atoms with Crippen LogP contribution in [0.15, 0.2) is 29.2 Å². The van der Waals surface area contributed by atoms with Gasteiger partial charge in [-0.05, 0) is 43.4 Å². The van der Waals surface area contributed by atoms with Crippen molar-refractivity contribution in [1.82, 2.24) is 10.2 Å². The maximum atomic E-state index is 12.3. The average Bonchev–Trinajstić information content (AvgIpc) is 2.54. The van der Waals surface area contributed by atoms with E-state index in [1.807, 2.05) is 56.2 Å². The summed E-state index contributed by atoms with van der Waals surface area (Å²) in [6, 6.07) is 7.69. The lowest BCUT2D eigenvalue weighted by Crippen LogP contribution is -2.49. The van der Waals surface area contributed by atoms with E-state index in [1.54, 1.807) is 11.8 Å². The number of hydrogen-bond acceptors (Lipinski definition) is 3. The molecular formula is C18H27N3O2S. The summed E-state index contributed by atoms with van der Waals surface area (Å²) >= 11 is 1.67. The lowest BCUT2D eigenvalue weighted by atomic mass is 9.93. The first-order valence-electron chi connectivity index (χ1n) is 8.30. The molecule has 1 saturated heterocycles. The molecule has 0 aliphatic carbocycles. The minimum atomic E-state index is -0.347. The number of rotatable bonds is 3. The van der Waals surface area contributed by atoms with E-state index in [0.717, 1.165) is 23.4 Å². The number of nitrogens with zero attached hydrogens (tertiary/aromatic N) is 1. The second-order valence-electron chi connectivity index (χ2n) is 7.14. The number of hydrogen-bond donors (Lipinski definition) is 2. The largest absolute Gasteiger partial charge is 0.342 e. The number of nitrogens with one attached hydrogen (secondary N) is 2. The molecule has 5 nitrogen and oxygen atoms in total. The average molecular weight is 350 g/mol. The normalized spacial score (nSPS) is 15.9. The molecule has 1 aliphatic heterocycles. The van der Waals surface area contributed by atoms with Gasteiger partial charge in [0, 0.05) is 35.1 Å². The lowest BCUT2D eigenvalue weighted by molar-refractivity contribution is -0.140. The molecule has 0 radical (unpaired) electrons. The van der Waals surface area contributed by atoms with Crippen molar-refractivity contribution >= 4 is 29.4 Å². The highest BCUT2D eigenvalue weighted by Crippen LogP contribution is 2.21. The maximum Gasteiger partial charge on any atom is 0.319 e. The number of urea groups is 1. The molecule has 0 atom stereocenters. The highest BCUT2D eigenvalue weighted by molar-refractivity contribution is 7.98. The predicted molar refractivity (Wildman–Crippen MR) is 99.4 cm³/mol. The topological polar surface area (TPSA) is 61.4 Å². The molecule has 6 heteroatoms. The van der Waals surface area contributed by atoms with Crippen molar-refractivity contribution in [3.63, 3.8) is 0 Å². The van der Waals surface area contributed by atoms with Gasteiger partial charge in [-0.2, -0.15) is 0 Å². The molecule has 0 unspecified atom stereocenters. The Bertz CT molecular complexity index is 573. The van der Waals surface area contributed by atoms with Gasteiger partial charge < -0.3 is 15.5 Å². The molecule has 24 heavy (non-hydrogen) atoms. The van der Waals surface area contributed by atoms with Crippen LogP contribution in [0.25, 0.3) is 0 Å². The highest BCUT2D eigenvalue weighted by atomic mass is 32.2. The van der Waals surface area contributed by atoms with Gasteiger partial charge in [0.25, 0.3) is 0 Å². The first-order valence-corrected chi connectivity index (χ1v) is 9.53. The van der Waals surface area contributed by atoms with Crippen molar-refractivity contribution in [2.75, 3.05) is 24.7 Å². The van der Waals surface area contributed by atoms with E-state index in [4.69, 9.17) is 0 Å². The van der Waals surface area contributed by atoms with Crippen LogP contribution in [-0.2, 0) is 4.79 Å². The molecule has 3 amide bonds. The third-order valence-corrected chi connectivity index (χ3v) is 4.85. The monoisotopic (exact) mass is 349 g/mol. The van der Waals surface area contributed by atoms with Crippen molar-refractivity contribution < 1.29 is 9.59 Å². The number of amides is 3. The SMILES string of the molecule is CSc1ccc(NC(=O)NC2CCN(C(=O)C(C)(C)C)CC2)cc1. The standard InChI is InChI=1S/C18H27N3O2S/c1-18(2,3)16(22)21-11-9-14(10-12-21)20-17(23)19-13-5-7-15(24-4)8-6-13/h5-8,14H,9-12H2,1-4H3,(H2,19,20,23). The Balaban J connectivity index is 1.78. The minimum Gasteiger partial charge on any atom is -0.342 e. The highest BCUT2D eigenvalue weighted by Gasteiger charge is 2.30. The Labute approximate surface area is 148 Å². The van der Waals surface area contributed by atoms with Crippen LogP contribution in [0.1, 0.15) is 33.6 Å². The number of carbonyl (C=O) groups is 2. The number of likely N-dealkylation sites (tertiary alicyclic amines) is 1. The zero-order valence-corrected chi connectivity index (χ0v) is 15.7. The summed E-state index contributed by atoms with van der Waals surface area (Å²) in [5.41, 5.74) is 0.436. The molecular weight excluding hydrogens is 322 g/mol. The second kappa shape index (κ2) is 7.92. The number of piperidine rings is 1. The van der Waals surface area contributed by atoms with Crippen LogP contribution < -0.4 is 10.6 Å². The smallest absolute Gasteiger partial charge is 0.319 e. The van der Waals surface area contributed by atoms with Gasteiger partial charge in [-0.25, -0.2) is 4.79 Å². The Hall–Kier alpha value is -1.69. The first-order chi connectivity index (χ1) is 11.3. The van der Waals surface area contributed by atoms with Crippen molar-refractivity contribution in [3.05, 3.63) is 24.3 Å². The fraction of sp³-hybridized carbons (Fsp3) is 0.556. The zero-order chi connectivity index (χ0) is 17.7. The van der Waals surface area contributed by atoms with E-state index < -0.39 is 0 Å². The Kier molecular flexibility index (Phi) is 6.15. The zero-order valence-electron chi connectivity index (χ0n) is 14.9. The molecule has 2 N–H and O–H groups in total. The van der Waals surface area contributed by atoms with E-state index in [9.17, 15) is 9.59 Å². The fourth-order valence-electron chi connectivity index (χ4n) is 2.73. The summed E-state index contributed by atoms with van der Waals surface area (Å²) < 4.78 is 0. The van der Waals surface area contributed by atoms with Gasteiger partial charge >= 0.3 is 6.03 Å². The van der Waals surface area contributed by atoms with Gasteiger partial charge in [0.1, 0.15) is 0 Å². The van der Waals surface area contributed by atoms with Crippen LogP contribution in [0.4, 0.5) is 10.5 Å². The Morgan fingerprint density at radius 3 is 2.21 bits per heavy atom. The van der Waals surface area contributed by atoms with E-state index >= 15 is 0 Å². The molecule has 1 aromatic rings. The Morgan fingerprint density at radius 2 is 1.71 bits per heavy atom. The molecule has 2 rings (SSSR count). The summed E-state index contributed by atoms with van der Waals surface area (Å²) in [6.07, 6.45) is 3.60. The summed E-state index contributed by atoms with van der Waals surface area (Å²) in [5.74, 6) is 0.180. The van der Waals surface area contributed by atoms with Crippen LogP contribution in [-0.4, -0.2) is 42.2 Å². The van der Waals surface area contributed by atoms with Crippen LogP contribution in [0.5, 0.6) is 0 Å². The first kappa shape index (κ1) is 18.6. The molecule has 1 heterocycles. The van der Waals surface area contributed by atoms with Crippen LogP contribution in [0.2, 0.25) is 0 Å². The summed E-state index contributed by atoms with van der Waals surface area (Å²) in [7, 11) is 0. The van der Waals surface area contributed by atoms with Gasteiger partial charge in [-0.15, -0.1) is 11.8 Å². The lowest BCUT2D eigenvalue weighted by Gasteiger charge is -2.35. The third kappa shape index (κ3) is 5.16. The van der Waals surface area contributed by atoms with Gasteiger partial charge in [0.05, 0.1) is 0 Å². The maximum absolute atomic E-state index is 12.3. The number of thioether (sulfide) groups is 1. The molecule has 1 aromatic carbocycles. The van der Waals surface area contributed by atoms with Crippen molar-refractivity contribution in [2.24, 2.45) is 5.41 Å². The molecule has 0 saturated carbocycles. The summed E-state index contributed by atoms with van der Waals surface area (Å²) in [6.45, 7) is 7.22. The number of benzene rings is 1. The molecule has 0 spiro atoms. The van der Waals surface area contributed by atoms with Crippen molar-refractivity contribution in [1.29, 1.82) is 0 Å². The van der Waals surface area contributed by atoms with Crippen LogP contribution in [0, 0.1) is 5.41 Å². The van der Waals surface area contributed by atoms with Crippen molar-refractivity contribution in [3.8, 4) is 0 Å². The molecule has 0 aromatic heterocycles. The van der Waals surface area contributed by atoms with Gasteiger partial charge in [0.15, 0.2) is 0 Å². The molecule has 1 fully saturated rings. The van der Waals surface area contributed by atoms with Gasteiger partial charge in [-0.1, -0.05) is 20.8 Å². The third-order valence-electron chi connectivity index (χ3n) is 4.11. The molecule has 132 valence electrons. The van der Waals surface area contributed by atoms with Crippen molar-refractivity contribution in [2.45, 2.75) is 44.6 Å². The summed E-state index contributed by atoms with van der Waals surface area (Å²) in [4.78, 5) is 27.4. The minimum absolute atomic E-state index is 0.111. The van der Waals surface area contributed by atoms with Gasteiger partial charge in [-0.3, -0.25) is 4.79 Å². The summed E-state index contributed by atoms with van der Waals surface area (Å²) in [5, 5.41) is 5.86. The quantitative estimate of drug-likeness (QED) is 0.820. The fourth-order valence-corrected chi connectivity index (χ4v) is 3.14. The number of anilines is 1. The second-order valence-corrected chi connectivity index (χ2v) is 8.02. The van der Waals surface area contributed by atoms with Gasteiger partial charge in [0.2, 0.25) is 5.91 Å². The van der Waals surface area contributed by atoms with E-state index in [0.29, 0.717) is 13.1 Å². The van der Waals surface area contributed by atoms with Crippen LogP contribution >= 0.6 is 11.8 Å². The van der Waals surface area contributed by atoms with E-state index in [1.165, 1.54) is 0 Å². The van der Waals surface area contributed by atoms with Crippen LogP contribution in [0.3, 0.4) is 0 Å². The molecule has 1 aliphatic rings. The van der Waals surface area contributed by atoms with E-state index in [-0.39, 0.29) is 23.4 Å². The number of carbonyl (C=O) groups excluding carboxylic acids is 2.